The van der Waals surface area contributed by atoms with Gasteiger partial charge in [0.15, 0.2) is 0 Å². The second-order valence-corrected chi connectivity index (χ2v) is 4.04. The molecule has 0 aliphatic rings. The van der Waals surface area contributed by atoms with Gasteiger partial charge in [-0.05, 0) is 19.6 Å². The number of hydrogen-bond acceptors (Lipinski definition) is 3. The average Bonchev–Trinajstić information content (AvgIpc) is 2.15. The smallest absolute Gasteiger partial charge is 0.315 e. The lowest BCUT2D eigenvalue weighted by atomic mass is 10.1. The Hall–Kier alpha value is -0.710. The number of thioether (sulfide) groups is 1. The molecule has 0 heterocycles. The minimum Gasteiger partial charge on any atom is -0.481 e. The van der Waals surface area contributed by atoms with Crippen molar-refractivity contribution in [2.45, 2.75) is 26.3 Å². The largest absolute Gasteiger partial charge is 0.481 e. The molecule has 1 amide bonds. The lowest BCUT2D eigenvalue weighted by molar-refractivity contribution is -0.146. The van der Waals surface area contributed by atoms with E-state index in [0.29, 0.717) is 0 Å². The summed E-state index contributed by atoms with van der Waals surface area (Å²) >= 11 is 1.63. The molecule has 0 fully saturated rings. The zero-order valence-corrected chi connectivity index (χ0v) is 9.56. The molecule has 0 saturated carbocycles. The third-order valence-electron chi connectivity index (χ3n) is 1.97. The molecule has 2 N–H and O–H groups in total. The lowest BCUT2D eigenvalue weighted by Gasteiger charge is -2.17. The van der Waals surface area contributed by atoms with E-state index in [4.69, 9.17) is 5.11 Å². The van der Waals surface area contributed by atoms with Crippen molar-refractivity contribution in [3.63, 3.8) is 0 Å². The summed E-state index contributed by atoms with van der Waals surface area (Å²) in [6.07, 6.45) is 2.77. The van der Waals surface area contributed by atoms with Crippen LogP contribution in [0.25, 0.3) is 0 Å². The number of aliphatic carboxylic acids is 1. The Kier molecular flexibility index (Phi) is 6.36. The van der Waals surface area contributed by atoms with Crippen LogP contribution in [0.2, 0.25) is 0 Å². The minimum absolute atomic E-state index is 0.0688. The normalized spacial score (nSPS) is 14.5. The summed E-state index contributed by atoms with van der Waals surface area (Å²) in [5.41, 5.74) is 0. The molecule has 2 atom stereocenters. The van der Waals surface area contributed by atoms with Gasteiger partial charge < -0.3 is 10.4 Å². The molecule has 0 bridgehead atoms. The molecular weight excluding hydrogens is 202 g/mol. The number of carbonyl (C=O) groups excluding carboxylic acids is 1. The van der Waals surface area contributed by atoms with Crippen LogP contribution in [0.15, 0.2) is 0 Å². The number of nitrogens with one attached hydrogen (secondary N) is 1. The van der Waals surface area contributed by atoms with Gasteiger partial charge in [-0.2, -0.15) is 11.8 Å². The first-order valence-electron chi connectivity index (χ1n) is 4.55. The van der Waals surface area contributed by atoms with E-state index in [0.717, 1.165) is 12.2 Å². The first-order chi connectivity index (χ1) is 6.52. The van der Waals surface area contributed by atoms with Crippen molar-refractivity contribution in [3.8, 4) is 0 Å². The quantitative estimate of drug-likeness (QED) is 0.653. The van der Waals surface area contributed by atoms with Crippen molar-refractivity contribution in [3.05, 3.63) is 0 Å². The Balaban J connectivity index is 4.08. The van der Waals surface area contributed by atoms with E-state index in [1.54, 1.807) is 11.8 Å². The van der Waals surface area contributed by atoms with E-state index >= 15 is 0 Å². The van der Waals surface area contributed by atoms with Gasteiger partial charge in [0, 0.05) is 11.8 Å². The molecule has 0 aromatic heterocycles. The van der Waals surface area contributed by atoms with Crippen LogP contribution in [0.3, 0.4) is 0 Å². The molecule has 0 aliphatic heterocycles. The fourth-order valence-electron chi connectivity index (χ4n) is 0.901. The van der Waals surface area contributed by atoms with Crippen LogP contribution >= 0.6 is 11.8 Å². The van der Waals surface area contributed by atoms with E-state index < -0.39 is 17.8 Å². The van der Waals surface area contributed by atoms with Crippen LogP contribution in [0.4, 0.5) is 0 Å². The van der Waals surface area contributed by atoms with Crippen molar-refractivity contribution in [2.75, 3.05) is 12.0 Å². The molecule has 0 aromatic rings. The van der Waals surface area contributed by atoms with Crippen molar-refractivity contribution >= 4 is 23.6 Å². The number of rotatable bonds is 6. The minimum atomic E-state index is -1.08. The van der Waals surface area contributed by atoms with Crippen molar-refractivity contribution in [1.29, 1.82) is 0 Å². The Morgan fingerprint density at radius 3 is 2.43 bits per heavy atom. The molecule has 0 spiro atoms. The molecule has 4 nitrogen and oxygen atoms in total. The van der Waals surface area contributed by atoms with Gasteiger partial charge in [-0.1, -0.05) is 6.92 Å². The number of carboxylic acids is 1. The molecule has 82 valence electrons. The van der Waals surface area contributed by atoms with Crippen LogP contribution in [0, 0.1) is 5.92 Å². The van der Waals surface area contributed by atoms with Gasteiger partial charge in [0.2, 0.25) is 5.91 Å². The van der Waals surface area contributed by atoms with E-state index in [2.05, 4.69) is 5.32 Å². The fourth-order valence-corrected chi connectivity index (χ4v) is 1.62. The summed E-state index contributed by atoms with van der Waals surface area (Å²) in [6.45, 7) is 3.36. The maximum Gasteiger partial charge on any atom is 0.315 e. The highest BCUT2D eigenvalue weighted by molar-refractivity contribution is 7.98. The summed E-state index contributed by atoms with van der Waals surface area (Å²) in [4.78, 5) is 21.8. The standard InChI is InChI=1S/C9H17NO3S/c1-4-7(5-14-3)10-8(11)6(2)9(12)13/h6-7H,4-5H2,1-3H3,(H,10,11)(H,12,13). The predicted molar refractivity (Wildman–Crippen MR) is 57.4 cm³/mol. The Bertz CT molecular complexity index is 208. The number of hydrogen-bond donors (Lipinski definition) is 2. The molecule has 0 radical (unpaired) electrons. The Labute approximate surface area is 88.4 Å². The van der Waals surface area contributed by atoms with Gasteiger partial charge in [0.05, 0.1) is 0 Å². The van der Waals surface area contributed by atoms with Crippen molar-refractivity contribution in [2.24, 2.45) is 5.92 Å². The molecule has 14 heavy (non-hydrogen) atoms. The van der Waals surface area contributed by atoms with Crippen LogP contribution in [0.5, 0.6) is 0 Å². The van der Waals surface area contributed by atoms with Gasteiger partial charge in [0.25, 0.3) is 0 Å². The fraction of sp³-hybridized carbons (Fsp3) is 0.778. The zero-order chi connectivity index (χ0) is 11.1. The number of carboxylic acid groups (broad SMARTS) is 1. The Morgan fingerprint density at radius 1 is 1.50 bits per heavy atom. The van der Waals surface area contributed by atoms with Crippen LogP contribution in [-0.2, 0) is 9.59 Å². The first-order valence-corrected chi connectivity index (χ1v) is 5.94. The van der Waals surface area contributed by atoms with Gasteiger partial charge in [0.1, 0.15) is 5.92 Å². The Morgan fingerprint density at radius 2 is 2.07 bits per heavy atom. The summed E-state index contributed by atoms with van der Waals surface area (Å²) in [5.74, 6) is -1.64. The van der Waals surface area contributed by atoms with E-state index in [-0.39, 0.29) is 6.04 Å². The van der Waals surface area contributed by atoms with E-state index in [9.17, 15) is 9.59 Å². The number of carbonyl (C=O) groups is 2. The number of amides is 1. The molecule has 2 unspecified atom stereocenters. The monoisotopic (exact) mass is 219 g/mol. The van der Waals surface area contributed by atoms with Gasteiger partial charge >= 0.3 is 5.97 Å². The zero-order valence-electron chi connectivity index (χ0n) is 8.74. The van der Waals surface area contributed by atoms with Crippen LogP contribution in [0.1, 0.15) is 20.3 Å². The molecule has 5 heteroatoms. The third-order valence-corrected chi connectivity index (χ3v) is 2.71. The average molecular weight is 219 g/mol. The topological polar surface area (TPSA) is 66.4 Å². The SMILES string of the molecule is CCC(CSC)NC(=O)C(C)C(=O)O. The summed E-state index contributed by atoms with van der Waals surface area (Å²) in [5, 5.41) is 11.3. The molecular formula is C9H17NO3S. The van der Waals surface area contributed by atoms with E-state index in [1.807, 2.05) is 13.2 Å². The highest BCUT2D eigenvalue weighted by atomic mass is 32.2. The van der Waals surface area contributed by atoms with Gasteiger partial charge in [-0.25, -0.2) is 0 Å². The maximum atomic E-state index is 11.3. The van der Waals surface area contributed by atoms with E-state index in [1.165, 1.54) is 6.92 Å². The molecule has 0 saturated heterocycles. The van der Waals surface area contributed by atoms with Crippen LogP contribution < -0.4 is 5.32 Å². The highest BCUT2D eigenvalue weighted by Crippen LogP contribution is 2.03. The second-order valence-electron chi connectivity index (χ2n) is 3.13. The van der Waals surface area contributed by atoms with Crippen molar-refractivity contribution < 1.29 is 14.7 Å². The summed E-state index contributed by atoms with van der Waals surface area (Å²) in [7, 11) is 0. The predicted octanol–water partition coefficient (Wildman–Crippen LogP) is 0.965. The van der Waals surface area contributed by atoms with Gasteiger partial charge in [-0.3, -0.25) is 9.59 Å². The maximum absolute atomic E-state index is 11.3. The summed E-state index contributed by atoms with van der Waals surface area (Å²) in [6, 6.07) is 0.0688. The summed E-state index contributed by atoms with van der Waals surface area (Å²) < 4.78 is 0. The highest BCUT2D eigenvalue weighted by Gasteiger charge is 2.22. The van der Waals surface area contributed by atoms with Crippen molar-refractivity contribution in [1.82, 2.24) is 5.32 Å². The van der Waals surface area contributed by atoms with Gasteiger partial charge in [-0.15, -0.1) is 0 Å². The molecule has 0 aromatic carbocycles. The third kappa shape index (κ3) is 4.50. The molecule has 0 aliphatic carbocycles. The molecule has 0 rings (SSSR count). The second kappa shape index (κ2) is 6.70. The first kappa shape index (κ1) is 13.3. The lowest BCUT2D eigenvalue weighted by Crippen LogP contribution is -2.41. The van der Waals surface area contributed by atoms with Crippen LogP contribution in [-0.4, -0.2) is 35.0 Å².